The van der Waals surface area contributed by atoms with Crippen LogP contribution in [0.3, 0.4) is 0 Å². The molecule has 0 aliphatic heterocycles. The Morgan fingerprint density at radius 2 is 1.59 bits per heavy atom. The summed E-state index contributed by atoms with van der Waals surface area (Å²) in [7, 11) is -4.84. The second-order valence-corrected chi connectivity index (χ2v) is 18.9. The molecule has 0 heterocycles. The van der Waals surface area contributed by atoms with Gasteiger partial charge in [-0.3, -0.25) is 0 Å². The van der Waals surface area contributed by atoms with E-state index in [0.29, 0.717) is 5.75 Å². The van der Waals surface area contributed by atoms with Crippen LogP contribution in [0.4, 0.5) is 4.79 Å². The fourth-order valence-electron chi connectivity index (χ4n) is 3.29. The summed E-state index contributed by atoms with van der Waals surface area (Å²) in [5.41, 5.74) is -0.735. The second kappa shape index (κ2) is 12.9. The van der Waals surface area contributed by atoms with E-state index in [9.17, 15) is 18.3 Å². The maximum absolute atomic E-state index is 13.8. The summed E-state index contributed by atoms with van der Waals surface area (Å²) in [6.07, 6.45) is -1.52. The van der Waals surface area contributed by atoms with E-state index in [2.05, 4.69) is 26.1 Å². The lowest BCUT2D eigenvalue weighted by Crippen LogP contribution is -2.57. The highest BCUT2D eigenvalue weighted by molar-refractivity contribution is 7.89. The molecule has 0 saturated carbocycles. The summed E-state index contributed by atoms with van der Waals surface area (Å²) in [6, 6.07) is 5.33. The molecule has 9 nitrogen and oxygen atoms in total. The first kappa shape index (κ1) is 33.4. The molecule has 2 N–H and O–H groups in total. The number of carbonyl (C=O) groups is 1. The van der Waals surface area contributed by atoms with Crippen LogP contribution >= 0.6 is 0 Å². The molecule has 0 radical (unpaired) electrons. The first-order chi connectivity index (χ1) is 16.7. The minimum atomic E-state index is -3.92. The Bertz CT molecular complexity index is 968. The molecule has 0 fully saturated rings. The molecule has 0 aliphatic carbocycles. The molecule has 11 heteroatoms. The number of alkyl carbamates (subject to hydrolysis) is 1. The van der Waals surface area contributed by atoms with E-state index in [1.165, 1.54) is 23.5 Å². The quantitative estimate of drug-likeness (QED) is 0.359. The topological polar surface area (TPSA) is 114 Å². The van der Waals surface area contributed by atoms with Gasteiger partial charge in [0.15, 0.2) is 8.32 Å². The van der Waals surface area contributed by atoms with E-state index < -0.39 is 48.8 Å². The molecule has 214 valence electrons. The van der Waals surface area contributed by atoms with Crippen molar-refractivity contribution in [3.63, 3.8) is 0 Å². The zero-order valence-corrected chi connectivity index (χ0v) is 26.2. The fraction of sp³-hybridized carbons (Fsp3) is 0.731. The van der Waals surface area contributed by atoms with Gasteiger partial charge in [-0.2, -0.15) is 4.31 Å². The van der Waals surface area contributed by atoms with E-state index in [0.717, 1.165) is 0 Å². The Kier molecular flexibility index (Phi) is 11.7. The summed E-state index contributed by atoms with van der Waals surface area (Å²) in [5, 5.41) is 12.8. The van der Waals surface area contributed by atoms with Crippen molar-refractivity contribution < 1.29 is 32.2 Å². The minimum absolute atomic E-state index is 0.0212. The predicted molar refractivity (Wildman–Crippen MR) is 149 cm³/mol. The van der Waals surface area contributed by atoms with Crippen LogP contribution in [0.25, 0.3) is 0 Å². The molecule has 0 spiro atoms. The lowest BCUT2D eigenvalue weighted by molar-refractivity contribution is 0.0340. The number of benzene rings is 1. The number of methoxy groups -OCH3 is 1. The number of aliphatic hydroxyl groups excluding tert-OH is 1. The average molecular weight is 561 g/mol. The number of nitrogens with one attached hydrogen (secondary N) is 1. The number of hydrogen-bond acceptors (Lipinski definition) is 7. The van der Waals surface area contributed by atoms with E-state index in [-0.39, 0.29) is 28.9 Å². The Balaban J connectivity index is 3.47. The van der Waals surface area contributed by atoms with E-state index in [4.69, 9.17) is 13.9 Å². The standard InChI is InChI=1S/C26H48N2O7SSi/c1-19(2)16-28(36(31,32)21-14-12-20(33-9)13-15-21)17-23(35-37(10,11)26(6,7)8)22(18-29)27-24(30)34-25(3,4)5/h12-15,19,22-23,29H,16-18H2,1-11H3,(H,27,30)/t22-,23+/m0/s1. The number of amides is 1. The smallest absolute Gasteiger partial charge is 0.408 e. The molecule has 37 heavy (non-hydrogen) atoms. The Hall–Kier alpha value is -1.66. The monoisotopic (exact) mass is 560 g/mol. The van der Waals surface area contributed by atoms with Crippen LogP contribution < -0.4 is 10.1 Å². The van der Waals surface area contributed by atoms with Crippen LogP contribution in [0.1, 0.15) is 55.4 Å². The van der Waals surface area contributed by atoms with Crippen LogP contribution in [0.15, 0.2) is 29.2 Å². The zero-order valence-electron chi connectivity index (χ0n) is 24.4. The normalized spacial score (nSPS) is 15.0. The minimum Gasteiger partial charge on any atom is -0.497 e. The largest absolute Gasteiger partial charge is 0.497 e. The highest BCUT2D eigenvalue weighted by Gasteiger charge is 2.43. The number of carbonyl (C=O) groups excluding carboxylic acids is 1. The van der Waals surface area contributed by atoms with E-state index >= 15 is 0 Å². The first-order valence-electron chi connectivity index (χ1n) is 12.7. The lowest BCUT2D eigenvalue weighted by atomic mass is 10.1. The van der Waals surface area contributed by atoms with E-state index in [1.807, 2.05) is 26.9 Å². The molecule has 1 amide bonds. The summed E-state index contributed by atoms with van der Waals surface area (Å²) < 4.78 is 46.1. The number of aliphatic hydroxyl groups is 1. The van der Waals surface area contributed by atoms with Crippen LogP contribution in [0.2, 0.25) is 18.1 Å². The van der Waals surface area contributed by atoms with Crippen LogP contribution in [-0.4, -0.2) is 76.8 Å². The molecule has 0 aliphatic rings. The van der Waals surface area contributed by atoms with Gasteiger partial charge in [0.1, 0.15) is 11.4 Å². The van der Waals surface area contributed by atoms with Crippen molar-refractivity contribution in [2.45, 2.75) is 96.2 Å². The highest BCUT2D eigenvalue weighted by Crippen LogP contribution is 2.38. The van der Waals surface area contributed by atoms with Crippen LogP contribution in [0, 0.1) is 5.92 Å². The molecule has 1 aromatic rings. The van der Waals surface area contributed by atoms with Crippen molar-refractivity contribution in [2.24, 2.45) is 5.92 Å². The lowest BCUT2D eigenvalue weighted by Gasteiger charge is -2.42. The summed E-state index contributed by atoms with van der Waals surface area (Å²) >= 11 is 0. The van der Waals surface area contributed by atoms with Gasteiger partial charge < -0.3 is 24.3 Å². The van der Waals surface area contributed by atoms with Gasteiger partial charge in [-0.15, -0.1) is 0 Å². The van der Waals surface area contributed by atoms with Crippen molar-refractivity contribution in [2.75, 3.05) is 26.8 Å². The van der Waals surface area contributed by atoms with Gasteiger partial charge in [0, 0.05) is 13.1 Å². The molecular formula is C26H48N2O7SSi. The second-order valence-electron chi connectivity index (χ2n) is 12.2. The maximum atomic E-state index is 13.8. The third kappa shape index (κ3) is 10.2. The zero-order chi connectivity index (χ0) is 28.8. The first-order valence-corrected chi connectivity index (χ1v) is 17.0. The summed E-state index contributed by atoms with van der Waals surface area (Å²) in [5.74, 6) is 0.573. The van der Waals surface area contributed by atoms with Crippen molar-refractivity contribution in [1.82, 2.24) is 9.62 Å². The van der Waals surface area contributed by atoms with Crippen molar-refractivity contribution in [3.05, 3.63) is 24.3 Å². The van der Waals surface area contributed by atoms with Crippen LogP contribution in [0.5, 0.6) is 5.75 Å². The third-order valence-corrected chi connectivity index (χ3v) is 12.6. The van der Waals surface area contributed by atoms with Crippen molar-refractivity contribution in [3.8, 4) is 5.75 Å². The van der Waals surface area contributed by atoms with Crippen molar-refractivity contribution >= 4 is 24.4 Å². The van der Waals surface area contributed by atoms with Gasteiger partial charge in [-0.05, 0) is 69.1 Å². The maximum Gasteiger partial charge on any atom is 0.408 e. The number of rotatable bonds is 12. The highest BCUT2D eigenvalue weighted by atomic mass is 32.2. The van der Waals surface area contributed by atoms with Gasteiger partial charge in [0.05, 0.1) is 30.8 Å². The molecule has 1 rings (SSSR count). The fourth-order valence-corrected chi connectivity index (χ4v) is 6.26. The van der Waals surface area contributed by atoms with Gasteiger partial charge in [-0.25, -0.2) is 13.2 Å². The number of ether oxygens (including phenoxy) is 2. The molecular weight excluding hydrogens is 512 g/mol. The SMILES string of the molecule is COc1ccc(S(=O)(=O)N(CC(C)C)C[C@@H](O[Si](C)(C)C(C)(C)C)[C@H](CO)NC(=O)OC(C)(C)C)cc1. The van der Waals surface area contributed by atoms with Gasteiger partial charge in [0.2, 0.25) is 10.0 Å². The molecule has 0 aromatic heterocycles. The third-order valence-electron chi connectivity index (χ3n) is 6.25. The van der Waals surface area contributed by atoms with Crippen LogP contribution in [-0.2, 0) is 19.2 Å². The van der Waals surface area contributed by atoms with E-state index in [1.54, 1.807) is 32.9 Å². The average Bonchev–Trinajstić information content (AvgIpc) is 2.74. The summed E-state index contributed by atoms with van der Waals surface area (Å²) in [6.45, 7) is 19.2. The number of sulfonamides is 1. The summed E-state index contributed by atoms with van der Waals surface area (Å²) in [4.78, 5) is 12.7. The number of nitrogens with zero attached hydrogens (tertiary/aromatic N) is 1. The molecule has 0 unspecified atom stereocenters. The molecule has 0 bridgehead atoms. The Labute approximate surface area is 225 Å². The van der Waals surface area contributed by atoms with Crippen molar-refractivity contribution in [1.29, 1.82) is 0 Å². The van der Waals surface area contributed by atoms with Gasteiger partial charge >= 0.3 is 6.09 Å². The molecule has 2 atom stereocenters. The Morgan fingerprint density at radius 3 is 2.00 bits per heavy atom. The van der Waals surface area contributed by atoms with Gasteiger partial charge in [0.25, 0.3) is 0 Å². The van der Waals surface area contributed by atoms with Gasteiger partial charge in [-0.1, -0.05) is 34.6 Å². The Morgan fingerprint density at radius 1 is 1.05 bits per heavy atom. The molecule has 0 saturated heterocycles. The molecule has 1 aromatic carbocycles. The predicted octanol–water partition coefficient (Wildman–Crippen LogP) is 4.62. The number of hydrogen-bond donors (Lipinski definition) is 2.